The van der Waals surface area contributed by atoms with Gasteiger partial charge in [0.1, 0.15) is 6.61 Å². The Morgan fingerprint density at radius 1 is 1.21 bits per heavy atom. The Balaban J connectivity index is 2.15. The van der Waals surface area contributed by atoms with Crippen molar-refractivity contribution in [1.29, 1.82) is 0 Å². The molecule has 0 saturated heterocycles. The Labute approximate surface area is 136 Å². The zero-order chi connectivity index (χ0) is 17.6. The number of carbonyl (C=O) groups excluding carboxylic acids is 1. The molecule has 0 radical (unpaired) electrons. The number of methoxy groups -OCH3 is 1. The highest BCUT2D eigenvalue weighted by molar-refractivity contribution is 6.04. The van der Waals surface area contributed by atoms with E-state index in [0.29, 0.717) is 6.61 Å². The second-order valence-electron chi connectivity index (χ2n) is 4.72. The standard InChI is InChI=1S/C16H15F3N2O3/c1-23-8-9-24-14-10-11(6-7-20-14)15(22)21-13-5-3-2-4-12(13)16(17,18)19/h2-7,10H,8-9H2,1H3,(H,21,22). The Bertz CT molecular complexity index is 705. The van der Waals surface area contributed by atoms with E-state index in [9.17, 15) is 18.0 Å². The number of nitrogens with zero attached hydrogens (tertiary/aromatic N) is 1. The molecule has 1 aromatic carbocycles. The van der Waals surface area contributed by atoms with Crippen LogP contribution in [0, 0.1) is 0 Å². The molecule has 0 aliphatic rings. The highest BCUT2D eigenvalue weighted by Gasteiger charge is 2.33. The van der Waals surface area contributed by atoms with E-state index < -0.39 is 17.6 Å². The van der Waals surface area contributed by atoms with Crippen molar-refractivity contribution in [3.05, 3.63) is 53.7 Å². The van der Waals surface area contributed by atoms with Crippen molar-refractivity contribution in [1.82, 2.24) is 4.98 Å². The minimum Gasteiger partial charge on any atom is -0.475 e. The summed E-state index contributed by atoms with van der Waals surface area (Å²) in [5.74, 6) is -0.505. The van der Waals surface area contributed by atoms with Crippen LogP contribution in [-0.2, 0) is 10.9 Å². The molecule has 1 aromatic heterocycles. The SMILES string of the molecule is COCCOc1cc(C(=O)Nc2ccccc2C(F)(F)F)ccn1. The predicted molar refractivity (Wildman–Crippen MR) is 81.0 cm³/mol. The van der Waals surface area contributed by atoms with Crippen LogP contribution in [0.5, 0.6) is 5.88 Å². The van der Waals surface area contributed by atoms with E-state index in [1.165, 1.54) is 43.6 Å². The number of alkyl halides is 3. The average Bonchev–Trinajstić information content (AvgIpc) is 2.55. The van der Waals surface area contributed by atoms with Gasteiger partial charge in [-0.2, -0.15) is 13.2 Å². The normalized spacial score (nSPS) is 11.2. The van der Waals surface area contributed by atoms with Crippen molar-refractivity contribution in [3.8, 4) is 5.88 Å². The molecule has 1 heterocycles. The van der Waals surface area contributed by atoms with Crippen molar-refractivity contribution in [2.75, 3.05) is 25.6 Å². The average molecular weight is 340 g/mol. The summed E-state index contributed by atoms with van der Waals surface area (Å²) >= 11 is 0. The molecule has 0 aliphatic heterocycles. The molecule has 8 heteroatoms. The molecule has 0 aliphatic carbocycles. The van der Waals surface area contributed by atoms with Crippen LogP contribution >= 0.6 is 0 Å². The zero-order valence-corrected chi connectivity index (χ0v) is 12.8. The Morgan fingerprint density at radius 2 is 1.96 bits per heavy atom. The van der Waals surface area contributed by atoms with Gasteiger partial charge in [0.15, 0.2) is 0 Å². The van der Waals surface area contributed by atoms with Gasteiger partial charge in [0, 0.05) is 24.9 Å². The molecular weight excluding hydrogens is 325 g/mol. The molecule has 128 valence electrons. The van der Waals surface area contributed by atoms with Gasteiger partial charge in [-0.05, 0) is 18.2 Å². The lowest BCUT2D eigenvalue weighted by molar-refractivity contribution is -0.136. The number of anilines is 1. The highest BCUT2D eigenvalue weighted by atomic mass is 19.4. The third-order valence-corrected chi connectivity index (χ3v) is 3.02. The van der Waals surface area contributed by atoms with Crippen molar-refractivity contribution in [2.24, 2.45) is 0 Å². The lowest BCUT2D eigenvalue weighted by Gasteiger charge is -2.13. The topological polar surface area (TPSA) is 60.5 Å². The highest BCUT2D eigenvalue weighted by Crippen LogP contribution is 2.34. The van der Waals surface area contributed by atoms with Crippen molar-refractivity contribution in [2.45, 2.75) is 6.18 Å². The summed E-state index contributed by atoms with van der Waals surface area (Å²) in [4.78, 5) is 16.1. The summed E-state index contributed by atoms with van der Waals surface area (Å²) in [6.07, 6.45) is -3.22. The van der Waals surface area contributed by atoms with Crippen LogP contribution < -0.4 is 10.1 Å². The number of benzene rings is 1. The van der Waals surface area contributed by atoms with Crippen LogP contribution in [0.2, 0.25) is 0 Å². The summed E-state index contributed by atoms with van der Waals surface area (Å²) in [6, 6.07) is 7.50. The number of amides is 1. The monoisotopic (exact) mass is 340 g/mol. The molecule has 1 amide bonds. The Kier molecular flexibility index (Phi) is 5.75. The van der Waals surface area contributed by atoms with Crippen LogP contribution in [0.15, 0.2) is 42.6 Å². The first-order valence-corrected chi connectivity index (χ1v) is 6.97. The summed E-state index contributed by atoms with van der Waals surface area (Å²) in [6.45, 7) is 0.586. The van der Waals surface area contributed by atoms with Gasteiger partial charge in [-0.15, -0.1) is 0 Å². The van der Waals surface area contributed by atoms with Gasteiger partial charge in [0.05, 0.1) is 17.9 Å². The number of carbonyl (C=O) groups is 1. The van der Waals surface area contributed by atoms with E-state index in [1.54, 1.807) is 0 Å². The van der Waals surface area contributed by atoms with Crippen molar-refractivity contribution < 1.29 is 27.4 Å². The molecule has 0 fully saturated rings. The van der Waals surface area contributed by atoms with E-state index in [4.69, 9.17) is 9.47 Å². The molecule has 5 nitrogen and oxygen atoms in total. The zero-order valence-electron chi connectivity index (χ0n) is 12.8. The number of nitrogens with one attached hydrogen (secondary N) is 1. The van der Waals surface area contributed by atoms with E-state index in [0.717, 1.165) is 6.07 Å². The third kappa shape index (κ3) is 4.69. The molecule has 2 rings (SSSR count). The second kappa shape index (κ2) is 7.78. The Morgan fingerprint density at radius 3 is 2.67 bits per heavy atom. The van der Waals surface area contributed by atoms with Crippen LogP contribution in [0.25, 0.3) is 0 Å². The second-order valence-corrected chi connectivity index (χ2v) is 4.72. The van der Waals surface area contributed by atoms with Crippen LogP contribution in [0.3, 0.4) is 0 Å². The van der Waals surface area contributed by atoms with Gasteiger partial charge in [0.25, 0.3) is 5.91 Å². The number of para-hydroxylation sites is 1. The molecule has 0 unspecified atom stereocenters. The fourth-order valence-corrected chi connectivity index (χ4v) is 1.89. The van der Waals surface area contributed by atoms with Crippen LogP contribution in [0.4, 0.5) is 18.9 Å². The smallest absolute Gasteiger partial charge is 0.418 e. The summed E-state index contributed by atoms with van der Waals surface area (Å²) in [7, 11) is 1.51. The maximum absolute atomic E-state index is 12.9. The van der Waals surface area contributed by atoms with E-state index in [2.05, 4.69) is 10.3 Å². The summed E-state index contributed by atoms with van der Waals surface area (Å²) in [5, 5.41) is 2.26. The predicted octanol–water partition coefficient (Wildman–Crippen LogP) is 3.38. The lowest BCUT2D eigenvalue weighted by atomic mass is 10.1. The van der Waals surface area contributed by atoms with Crippen molar-refractivity contribution in [3.63, 3.8) is 0 Å². The largest absolute Gasteiger partial charge is 0.475 e. The van der Waals surface area contributed by atoms with Crippen molar-refractivity contribution >= 4 is 11.6 Å². The fraction of sp³-hybridized carbons (Fsp3) is 0.250. The molecule has 0 saturated carbocycles. The minimum atomic E-state index is -4.56. The van der Waals surface area contributed by atoms with Gasteiger partial charge in [-0.3, -0.25) is 4.79 Å². The number of ether oxygens (including phenoxy) is 2. The number of halogens is 3. The first-order valence-electron chi connectivity index (χ1n) is 6.97. The summed E-state index contributed by atoms with van der Waals surface area (Å²) < 4.78 is 48.9. The number of hydrogen-bond acceptors (Lipinski definition) is 4. The summed E-state index contributed by atoms with van der Waals surface area (Å²) in [5.41, 5.74) is -1.09. The molecule has 24 heavy (non-hydrogen) atoms. The van der Waals surface area contributed by atoms with E-state index >= 15 is 0 Å². The fourth-order valence-electron chi connectivity index (χ4n) is 1.89. The molecule has 2 aromatic rings. The van der Waals surface area contributed by atoms with E-state index in [1.807, 2.05) is 0 Å². The van der Waals surface area contributed by atoms with Gasteiger partial charge in [0.2, 0.25) is 5.88 Å². The number of pyridine rings is 1. The lowest BCUT2D eigenvalue weighted by Crippen LogP contribution is -2.17. The maximum Gasteiger partial charge on any atom is 0.418 e. The maximum atomic E-state index is 12.9. The molecular formula is C16H15F3N2O3. The molecule has 0 bridgehead atoms. The number of aromatic nitrogens is 1. The van der Waals surface area contributed by atoms with Crippen LogP contribution in [-0.4, -0.2) is 31.2 Å². The minimum absolute atomic E-state index is 0.134. The van der Waals surface area contributed by atoms with Gasteiger partial charge in [-0.1, -0.05) is 12.1 Å². The number of rotatable bonds is 6. The quantitative estimate of drug-likeness (QED) is 0.819. The van der Waals surface area contributed by atoms with Gasteiger partial charge < -0.3 is 14.8 Å². The molecule has 1 N–H and O–H groups in total. The van der Waals surface area contributed by atoms with Gasteiger partial charge in [-0.25, -0.2) is 4.98 Å². The third-order valence-electron chi connectivity index (χ3n) is 3.02. The first kappa shape index (κ1) is 17.7. The van der Waals surface area contributed by atoms with E-state index in [-0.39, 0.29) is 23.7 Å². The molecule has 0 spiro atoms. The first-order chi connectivity index (χ1) is 11.4. The van der Waals surface area contributed by atoms with Gasteiger partial charge >= 0.3 is 6.18 Å². The van der Waals surface area contributed by atoms with Crippen LogP contribution in [0.1, 0.15) is 15.9 Å². The Hall–Kier alpha value is -2.61. The molecule has 0 atom stereocenters. The number of hydrogen-bond donors (Lipinski definition) is 1.